The van der Waals surface area contributed by atoms with Gasteiger partial charge >= 0.3 is 6.09 Å². The molecule has 0 aromatic rings. The van der Waals surface area contributed by atoms with Crippen molar-refractivity contribution in [1.29, 1.82) is 0 Å². The van der Waals surface area contributed by atoms with Crippen LogP contribution in [0.4, 0.5) is 4.79 Å². The van der Waals surface area contributed by atoms with Crippen molar-refractivity contribution in [3.63, 3.8) is 0 Å². The molecule has 106 valence electrons. The summed E-state index contributed by atoms with van der Waals surface area (Å²) >= 11 is 0. The van der Waals surface area contributed by atoms with E-state index in [1.54, 1.807) is 7.11 Å². The van der Waals surface area contributed by atoms with Crippen LogP contribution in [0.3, 0.4) is 0 Å². The summed E-state index contributed by atoms with van der Waals surface area (Å²) in [4.78, 5) is 13.5. The Bertz CT molecular complexity index is 262. The first-order chi connectivity index (χ1) is 8.35. The molecule has 1 N–H and O–H groups in total. The zero-order valence-electron chi connectivity index (χ0n) is 11.5. The van der Waals surface area contributed by atoms with E-state index in [4.69, 9.17) is 19.3 Å². The minimum atomic E-state index is -0.540. The number of rotatable bonds is 2. The number of carbonyl (C=O) groups excluding carboxylic acids is 1. The van der Waals surface area contributed by atoms with Gasteiger partial charge in [-0.15, -0.1) is 0 Å². The Balaban J connectivity index is 2.67. The maximum Gasteiger partial charge on any atom is 0.410 e. The van der Waals surface area contributed by atoms with Gasteiger partial charge in [0.25, 0.3) is 0 Å². The van der Waals surface area contributed by atoms with Crippen molar-refractivity contribution in [3.8, 4) is 0 Å². The fourth-order valence-electron chi connectivity index (χ4n) is 1.64. The third-order valence-electron chi connectivity index (χ3n) is 2.55. The van der Waals surface area contributed by atoms with Gasteiger partial charge in [-0.25, -0.2) is 4.79 Å². The molecule has 1 rings (SSSR count). The number of ether oxygens (including phenoxy) is 3. The summed E-state index contributed by atoms with van der Waals surface area (Å²) in [5.74, 6) is 0. The Morgan fingerprint density at radius 3 is 2.61 bits per heavy atom. The Labute approximate surface area is 108 Å². The van der Waals surface area contributed by atoms with E-state index in [1.807, 2.05) is 20.8 Å². The van der Waals surface area contributed by atoms with Crippen LogP contribution in [0.2, 0.25) is 0 Å². The monoisotopic (exact) mass is 261 g/mol. The Morgan fingerprint density at radius 2 is 2.11 bits per heavy atom. The highest BCUT2D eigenvalue weighted by molar-refractivity contribution is 5.68. The van der Waals surface area contributed by atoms with Crippen LogP contribution in [0.25, 0.3) is 0 Å². The van der Waals surface area contributed by atoms with Crippen LogP contribution in [0.5, 0.6) is 0 Å². The molecule has 6 heteroatoms. The summed E-state index contributed by atoms with van der Waals surface area (Å²) in [7, 11) is 1.57. The van der Waals surface area contributed by atoms with Crippen molar-refractivity contribution < 1.29 is 24.1 Å². The number of amides is 1. The van der Waals surface area contributed by atoms with Gasteiger partial charge in [0.05, 0.1) is 38.5 Å². The quantitative estimate of drug-likeness (QED) is 0.789. The molecule has 1 fully saturated rings. The van der Waals surface area contributed by atoms with Gasteiger partial charge in [0.1, 0.15) is 5.60 Å². The van der Waals surface area contributed by atoms with Gasteiger partial charge in [0, 0.05) is 7.11 Å². The molecule has 0 aromatic heterocycles. The van der Waals surface area contributed by atoms with E-state index in [2.05, 4.69) is 0 Å². The molecule has 0 radical (unpaired) electrons. The van der Waals surface area contributed by atoms with E-state index in [9.17, 15) is 4.79 Å². The molecule has 2 atom stereocenters. The number of hydrogen-bond acceptors (Lipinski definition) is 5. The summed E-state index contributed by atoms with van der Waals surface area (Å²) in [5, 5.41) is 9.16. The van der Waals surface area contributed by atoms with E-state index in [-0.39, 0.29) is 12.7 Å². The van der Waals surface area contributed by atoms with Gasteiger partial charge in [-0.1, -0.05) is 0 Å². The molecule has 0 aromatic carbocycles. The average molecular weight is 261 g/mol. The highest BCUT2D eigenvalue weighted by Gasteiger charge is 2.30. The number of aliphatic hydroxyl groups is 1. The molecule has 1 amide bonds. The zero-order valence-corrected chi connectivity index (χ0v) is 11.5. The Kier molecular flexibility index (Phi) is 5.37. The fraction of sp³-hybridized carbons (Fsp3) is 0.917. The van der Waals surface area contributed by atoms with E-state index in [0.29, 0.717) is 19.7 Å². The molecule has 0 aliphatic carbocycles. The third kappa shape index (κ3) is 4.80. The van der Waals surface area contributed by atoms with Gasteiger partial charge in [-0.3, -0.25) is 0 Å². The maximum absolute atomic E-state index is 12.0. The smallest absolute Gasteiger partial charge is 0.410 e. The Morgan fingerprint density at radius 1 is 1.44 bits per heavy atom. The predicted octanol–water partition coefficient (Wildman–Crippen LogP) is 0.630. The summed E-state index contributed by atoms with van der Waals surface area (Å²) in [6, 6.07) is 0. The Hall–Kier alpha value is -0.850. The van der Waals surface area contributed by atoms with Crippen molar-refractivity contribution >= 4 is 6.09 Å². The number of nitrogens with zero attached hydrogens (tertiary/aromatic N) is 1. The summed E-state index contributed by atoms with van der Waals surface area (Å²) in [6.45, 7) is 6.40. The molecule has 0 saturated carbocycles. The summed E-state index contributed by atoms with van der Waals surface area (Å²) < 4.78 is 16.0. The molecule has 18 heavy (non-hydrogen) atoms. The molecule has 1 aliphatic rings. The average Bonchev–Trinajstić information content (AvgIpc) is 2.48. The molecule has 1 aliphatic heterocycles. The number of aliphatic hydroxyl groups excluding tert-OH is 1. The lowest BCUT2D eigenvalue weighted by Crippen LogP contribution is -2.43. The lowest BCUT2D eigenvalue weighted by Gasteiger charge is -2.28. The number of carbonyl (C=O) groups is 1. The first kappa shape index (κ1) is 15.2. The lowest BCUT2D eigenvalue weighted by molar-refractivity contribution is -0.0243. The van der Waals surface area contributed by atoms with Crippen LogP contribution in [0, 0.1) is 0 Å². The second-order valence-electron chi connectivity index (χ2n) is 5.38. The van der Waals surface area contributed by atoms with Crippen molar-refractivity contribution in [2.75, 3.05) is 33.4 Å². The van der Waals surface area contributed by atoms with E-state index in [0.717, 1.165) is 0 Å². The highest BCUT2D eigenvalue weighted by atomic mass is 16.6. The molecule has 1 heterocycles. The number of hydrogen-bond donors (Lipinski definition) is 1. The van der Waals surface area contributed by atoms with E-state index in [1.165, 1.54) is 4.90 Å². The summed E-state index contributed by atoms with van der Waals surface area (Å²) in [5.41, 5.74) is -0.540. The van der Waals surface area contributed by atoms with Gasteiger partial charge in [-0.05, 0) is 20.8 Å². The van der Waals surface area contributed by atoms with E-state index >= 15 is 0 Å². The second-order valence-corrected chi connectivity index (χ2v) is 5.38. The molecule has 1 unspecified atom stereocenters. The topological polar surface area (TPSA) is 68.2 Å². The number of methoxy groups -OCH3 is 1. The fourth-order valence-corrected chi connectivity index (χ4v) is 1.64. The molecular weight excluding hydrogens is 238 g/mol. The molecule has 0 bridgehead atoms. The minimum absolute atomic E-state index is 0.129. The van der Waals surface area contributed by atoms with Gasteiger partial charge in [0.15, 0.2) is 0 Å². The second kappa shape index (κ2) is 6.36. The maximum atomic E-state index is 12.0. The lowest BCUT2D eigenvalue weighted by atomic mass is 10.2. The summed E-state index contributed by atoms with van der Waals surface area (Å²) in [6.07, 6.45) is -1.000. The highest BCUT2D eigenvalue weighted by Crippen LogP contribution is 2.14. The molecular formula is C12H23NO5. The van der Waals surface area contributed by atoms with Crippen LogP contribution in [0.15, 0.2) is 0 Å². The largest absolute Gasteiger partial charge is 0.444 e. The minimum Gasteiger partial charge on any atom is -0.444 e. The van der Waals surface area contributed by atoms with Crippen molar-refractivity contribution in [2.45, 2.75) is 38.6 Å². The van der Waals surface area contributed by atoms with Crippen LogP contribution in [-0.2, 0) is 14.2 Å². The predicted molar refractivity (Wildman–Crippen MR) is 65.4 cm³/mol. The van der Waals surface area contributed by atoms with Crippen LogP contribution in [-0.4, -0.2) is 67.3 Å². The third-order valence-corrected chi connectivity index (χ3v) is 2.55. The van der Waals surface area contributed by atoms with Crippen molar-refractivity contribution in [2.24, 2.45) is 0 Å². The zero-order chi connectivity index (χ0) is 13.8. The molecule has 0 spiro atoms. The standard InChI is InChI=1S/C12H23NO5/c1-12(2,3)18-11(15)13-5-9(7-14)17-8-10(6-13)16-4/h9-10,14H,5-8H2,1-4H3/t9-,10?/m0/s1. The SMILES string of the molecule is COC1CO[C@H](CO)CN(C(=O)OC(C)(C)C)C1. The molecule has 6 nitrogen and oxygen atoms in total. The first-order valence-corrected chi connectivity index (χ1v) is 6.09. The van der Waals surface area contributed by atoms with Gasteiger partial charge < -0.3 is 24.2 Å². The van der Waals surface area contributed by atoms with Crippen LogP contribution in [0.1, 0.15) is 20.8 Å². The molecule has 1 saturated heterocycles. The van der Waals surface area contributed by atoms with Crippen LogP contribution < -0.4 is 0 Å². The van der Waals surface area contributed by atoms with Crippen LogP contribution >= 0.6 is 0 Å². The van der Waals surface area contributed by atoms with Crippen molar-refractivity contribution in [3.05, 3.63) is 0 Å². The van der Waals surface area contributed by atoms with Crippen molar-refractivity contribution in [1.82, 2.24) is 4.90 Å². The normalized spacial score (nSPS) is 25.7. The first-order valence-electron chi connectivity index (χ1n) is 6.09. The van der Waals surface area contributed by atoms with Gasteiger partial charge in [0.2, 0.25) is 0 Å². The van der Waals surface area contributed by atoms with Gasteiger partial charge in [-0.2, -0.15) is 0 Å². The van der Waals surface area contributed by atoms with E-state index < -0.39 is 17.8 Å².